The van der Waals surface area contributed by atoms with Gasteiger partial charge in [-0.05, 0) is 41.3 Å². The Morgan fingerprint density at radius 2 is 1.95 bits per heavy atom. The molecule has 0 saturated carbocycles. The van der Waals surface area contributed by atoms with Crippen molar-refractivity contribution in [3.05, 3.63) is 64.3 Å². The lowest BCUT2D eigenvalue weighted by Gasteiger charge is -2.07. The second-order valence-corrected chi connectivity index (χ2v) is 4.91. The molecule has 0 amide bonds. The van der Waals surface area contributed by atoms with E-state index in [0.717, 1.165) is 16.0 Å². The Bertz CT molecular complexity index is 748. The van der Waals surface area contributed by atoms with Crippen LogP contribution in [-0.4, -0.2) is 9.97 Å². The summed E-state index contributed by atoms with van der Waals surface area (Å²) in [6, 6.07) is 9.89. The first-order valence-corrected chi connectivity index (χ1v) is 6.51. The van der Waals surface area contributed by atoms with Gasteiger partial charge in [-0.1, -0.05) is 6.07 Å². The van der Waals surface area contributed by atoms with Crippen molar-refractivity contribution in [3.63, 3.8) is 0 Å². The van der Waals surface area contributed by atoms with Crippen LogP contribution >= 0.6 is 11.3 Å². The molecule has 5 heteroatoms. The molecule has 0 aliphatic carbocycles. The third kappa shape index (κ3) is 2.32. The van der Waals surface area contributed by atoms with Gasteiger partial charge in [-0.2, -0.15) is 0 Å². The summed E-state index contributed by atoms with van der Waals surface area (Å²) < 4.78 is 13.0. The average Bonchev–Trinajstić information content (AvgIpc) is 2.93. The molecule has 1 N–H and O–H groups in total. The van der Waals surface area contributed by atoms with Crippen molar-refractivity contribution in [1.29, 1.82) is 0 Å². The lowest BCUT2D eigenvalue weighted by molar-refractivity contribution is 0.628. The van der Waals surface area contributed by atoms with E-state index in [9.17, 15) is 9.18 Å². The Kier molecular flexibility index (Phi) is 2.97. The number of rotatable bonds is 2. The quantitative estimate of drug-likeness (QED) is 0.778. The van der Waals surface area contributed by atoms with E-state index in [4.69, 9.17) is 0 Å². The lowest BCUT2D eigenvalue weighted by Crippen LogP contribution is -2.11. The van der Waals surface area contributed by atoms with E-state index in [1.807, 2.05) is 17.5 Å². The molecule has 2 aromatic heterocycles. The van der Waals surface area contributed by atoms with E-state index < -0.39 is 5.69 Å². The highest BCUT2D eigenvalue weighted by molar-refractivity contribution is 7.13. The van der Waals surface area contributed by atoms with Gasteiger partial charge in [0, 0.05) is 16.6 Å². The summed E-state index contributed by atoms with van der Waals surface area (Å²) in [5.74, 6) is -0.308. The van der Waals surface area contributed by atoms with Gasteiger partial charge in [-0.25, -0.2) is 14.2 Å². The number of halogens is 1. The van der Waals surface area contributed by atoms with Gasteiger partial charge in [-0.3, -0.25) is 0 Å². The number of H-pyrrole nitrogens is 1. The minimum Gasteiger partial charge on any atom is -0.305 e. The minimum absolute atomic E-state index is 0.308. The fourth-order valence-corrected chi connectivity index (χ4v) is 2.60. The molecule has 94 valence electrons. The van der Waals surface area contributed by atoms with Crippen molar-refractivity contribution in [2.24, 2.45) is 0 Å². The summed E-state index contributed by atoms with van der Waals surface area (Å²) in [6.45, 7) is 0. The number of hydrogen-bond donors (Lipinski definition) is 1. The SMILES string of the molecule is O=c1ncc(-c2cccs2)c(-c2ccc(F)cc2)[nH]1. The van der Waals surface area contributed by atoms with Gasteiger partial charge in [-0.15, -0.1) is 11.3 Å². The topological polar surface area (TPSA) is 45.8 Å². The summed E-state index contributed by atoms with van der Waals surface area (Å²) in [6.07, 6.45) is 1.54. The van der Waals surface area contributed by atoms with Crippen molar-refractivity contribution < 1.29 is 4.39 Å². The molecule has 3 nitrogen and oxygen atoms in total. The fourth-order valence-electron chi connectivity index (χ4n) is 1.86. The maximum atomic E-state index is 13.0. The molecule has 0 saturated heterocycles. The second-order valence-electron chi connectivity index (χ2n) is 3.96. The van der Waals surface area contributed by atoms with Crippen LogP contribution in [0.4, 0.5) is 4.39 Å². The van der Waals surface area contributed by atoms with Gasteiger partial charge in [0.25, 0.3) is 0 Å². The van der Waals surface area contributed by atoms with Crippen LogP contribution in [0.3, 0.4) is 0 Å². The number of nitrogens with zero attached hydrogens (tertiary/aromatic N) is 1. The average molecular weight is 272 g/mol. The lowest BCUT2D eigenvalue weighted by atomic mass is 10.1. The summed E-state index contributed by atoms with van der Waals surface area (Å²) in [7, 11) is 0. The highest BCUT2D eigenvalue weighted by atomic mass is 32.1. The van der Waals surface area contributed by atoms with Crippen molar-refractivity contribution in [2.75, 3.05) is 0 Å². The molecule has 0 fully saturated rings. The molecule has 19 heavy (non-hydrogen) atoms. The molecule has 0 aliphatic rings. The molecule has 3 aromatic rings. The molecule has 0 spiro atoms. The fraction of sp³-hybridized carbons (Fsp3) is 0. The van der Waals surface area contributed by atoms with E-state index in [1.165, 1.54) is 12.1 Å². The van der Waals surface area contributed by atoms with E-state index in [0.29, 0.717) is 5.69 Å². The van der Waals surface area contributed by atoms with E-state index in [2.05, 4.69) is 9.97 Å². The summed E-state index contributed by atoms with van der Waals surface area (Å²) in [5, 5.41) is 1.95. The molecule has 0 bridgehead atoms. The molecular weight excluding hydrogens is 263 g/mol. The number of nitrogens with one attached hydrogen (secondary N) is 1. The molecule has 1 aromatic carbocycles. The predicted octanol–water partition coefficient (Wildman–Crippen LogP) is 3.30. The zero-order valence-corrected chi connectivity index (χ0v) is 10.6. The van der Waals surface area contributed by atoms with Crippen LogP contribution in [0.1, 0.15) is 0 Å². The minimum atomic E-state index is -0.417. The Balaban J connectivity index is 2.22. The number of aromatic amines is 1. The summed E-state index contributed by atoms with van der Waals surface area (Å²) in [4.78, 5) is 18.9. The highest BCUT2D eigenvalue weighted by Gasteiger charge is 2.10. The molecule has 3 rings (SSSR count). The third-order valence-corrected chi connectivity index (χ3v) is 3.63. The van der Waals surface area contributed by atoms with Crippen molar-refractivity contribution >= 4 is 11.3 Å². The zero-order valence-electron chi connectivity index (χ0n) is 9.76. The van der Waals surface area contributed by atoms with Gasteiger partial charge >= 0.3 is 5.69 Å². The molecule has 2 heterocycles. The molecule has 0 radical (unpaired) electrons. The Morgan fingerprint density at radius 1 is 1.16 bits per heavy atom. The molecule has 0 atom stereocenters. The van der Waals surface area contributed by atoms with Gasteiger partial charge in [0.15, 0.2) is 0 Å². The summed E-state index contributed by atoms with van der Waals surface area (Å²) in [5.41, 5.74) is 1.83. The largest absolute Gasteiger partial charge is 0.345 e. The van der Waals surface area contributed by atoms with Gasteiger partial charge < -0.3 is 4.98 Å². The second kappa shape index (κ2) is 4.78. The number of benzene rings is 1. The van der Waals surface area contributed by atoms with Crippen molar-refractivity contribution in [3.8, 4) is 21.7 Å². The standard InChI is InChI=1S/C14H9FN2OS/c15-10-5-3-9(4-6-10)13-11(8-16-14(18)17-13)12-2-1-7-19-12/h1-8H,(H,16,17,18). The monoisotopic (exact) mass is 272 g/mol. The Morgan fingerprint density at radius 3 is 2.63 bits per heavy atom. The van der Waals surface area contributed by atoms with Crippen LogP contribution in [0.5, 0.6) is 0 Å². The van der Waals surface area contributed by atoms with Crippen LogP contribution in [0.25, 0.3) is 21.7 Å². The zero-order chi connectivity index (χ0) is 13.2. The highest BCUT2D eigenvalue weighted by Crippen LogP contribution is 2.31. The number of thiophene rings is 1. The van der Waals surface area contributed by atoms with E-state index in [1.54, 1.807) is 29.7 Å². The summed E-state index contributed by atoms with van der Waals surface area (Å²) >= 11 is 1.56. The molecule has 0 unspecified atom stereocenters. The van der Waals surface area contributed by atoms with Gasteiger partial charge in [0.1, 0.15) is 5.82 Å². The molecule has 0 aliphatic heterocycles. The Hall–Kier alpha value is -2.27. The normalized spacial score (nSPS) is 10.6. The van der Waals surface area contributed by atoms with Crippen molar-refractivity contribution in [1.82, 2.24) is 9.97 Å². The molecular formula is C14H9FN2OS. The first-order chi connectivity index (χ1) is 9.24. The first-order valence-electron chi connectivity index (χ1n) is 5.63. The number of aromatic nitrogens is 2. The smallest absolute Gasteiger partial charge is 0.305 e. The number of hydrogen-bond acceptors (Lipinski definition) is 3. The maximum absolute atomic E-state index is 13.0. The van der Waals surface area contributed by atoms with Crippen LogP contribution in [0.2, 0.25) is 0 Å². The predicted molar refractivity (Wildman–Crippen MR) is 73.6 cm³/mol. The van der Waals surface area contributed by atoms with E-state index >= 15 is 0 Å². The third-order valence-electron chi connectivity index (χ3n) is 2.73. The first kappa shape index (κ1) is 11.8. The van der Waals surface area contributed by atoms with Gasteiger partial charge in [0.05, 0.1) is 5.69 Å². The Labute approximate surface area is 112 Å². The van der Waals surface area contributed by atoms with Crippen LogP contribution in [0, 0.1) is 5.82 Å². The van der Waals surface area contributed by atoms with Crippen LogP contribution < -0.4 is 5.69 Å². The van der Waals surface area contributed by atoms with Crippen LogP contribution in [-0.2, 0) is 0 Å². The maximum Gasteiger partial charge on any atom is 0.345 e. The van der Waals surface area contributed by atoms with Crippen molar-refractivity contribution in [2.45, 2.75) is 0 Å². The van der Waals surface area contributed by atoms with Crippen LogP contribution in [0.15, 0.2) is 52.8 Å². The van der Waals surface area contributed by atoms with Gasteiger partial charge in [0.2, 0.25) is 0 Å². The van der Waals surface area contributed by atoms with E-state index in [-0.39, 0.29) is 5.82 Å².